The normalized spacial score (nSPS) is 10.4. The number of anilines is 2. The Morgan fingerprint density at radius 1 is 0.750 bits per heavy atom. The van der Waals surface area contributed by atoms with Crippen LogP contribution in [0.3, 0.4) is 0 Å². The van der Waals surface area contributed by atoms with Crippen molar-refractivity contribution in [2.75, 3.05) is 10.6 Å². The molecule has 122 valence electrons. The van der Waals surface area contributed by atoms with Crippen LogP contribution in [0.15, 0.2) is 60.9 Å². The van der Waals surface area contributed by atoms with Crippen molar-refractivity contribution in [2.45, 2.75) is 20.0 Å². The maximum Gasteiger partial charge on any atom is 0.141 e. The molecule has 4 nitrogen and oxygen atoms in total. The van der Waals surface area contributed by atoms with Crippen LogP contribution in [0.2, 0.25) is 0 Å². The fourth-order valence-electron chi connectivity index (χ4n) is 2.21. The van der Waals surface area contributed by atoms with Gasteiger partial charge in [0.25, 0.3) is 0 Å². The Labute approximate surface area is 140 Å². The standard InChI is InChI=1S/C19H19FN4/c1-14-2-8-18(21-10-14)22-11-15-3-5-16(6-4-15)12-23-19-9-7-17(20)13-24-19/h2-10,13H,11-12H2,1H3,(H,21,22)(H,23,24). The lowest BCUT2D eigenvalue weighted by molar-refractivity contribution is 0.621. The Morgan fingerprint density at radius 2 is 1.29 bits per heavy atom. The van der Waals surface area contributed by atoms with Gasteiger partial charge in [0.15, 0.2) is 0 Å². The largest absolute Gasteiger partial charge is 0.366 e. The summed E-state index contributed by atoms with van der Waals surface area (Å²) in [5.41, 5.74) is 3.47. The van der Waals surface area contributed by atoms with Crippen molar-refractivity contribution in [1.29, 1.82) is 0 Å². The van der Waals surface area contributed by atoms with E-state index >= 15 is 0 Å². The summed E-state index contributed by atoms with van der Waals surface area (Å²) in [4.78, 5) is 8.30. The van der Waals surface area contributed by atoms with Gasteiger partial charge in [-0.05, 0) is 41.8 Å². The fourth-order valence-corrected chi connectivity index (χ4v) is 2.21. The molecule has 2 aromatic heterocycles. The number of pyridine rings is 2. The highest BCUT2D eigenvalue weighted by Crippen LogP contribution is 2.11. The van der Waals surface area contributed by atoms with Crippen molar-refractivity contribution < 1.29 is 4.39 Å². The van der Waals surface area contributed by atoms with E-state index in [4.69, 9.17) is 0 Å². The zero-order chi connectivity index (χ0) is 16.8. The highest BCUT2D eigenvalue weighted by atomic mass is 19.1. The van der Waals surface area contributed by atoms with Crippen LogP contribution in [0.5, 0.6) is 0 Å². The van der Waals surface area contributed by atoms with E-state index in [1.807, 2.05) is 25.3 Å². The molecule has 0 saturated heterocycles. The Bertz CT molecular complexity index is 699. The predicted octanol–water partition coefficient (Wildman–Crippen LogP) is 4.15. The summed E-state index contributed by atoms with van der Waals surface area (Å²) in [5.74, 6) is 1.20. The molecule has 3 rings (SSSR count). The van der Waals surface area contributed by atoms with Crippen LogP contribution in [-0.4, -0.2) is 9.97 Å². The topological polar surface area (TPSA) is 49.8 Å². The third-order valence-electron chi connectivity index (χ3n) is 3.61. The monoisotopic (exact) mass is 322 g/mol. The number of benzene rings is 1. The molecule has 0 aliphatic carbocycles. The average molecular weight is 322 g/mol. The van der Waals surface area contributed by atoms with Gasteiger partial charge in [0.05, 0.1) is 6.20 Å². The molecule has 3 aromatic rings. The van der Waals surface area contributed by atoms with E-state index in [-0.39, 0.29) is 5.82 Å². The third kappa shape index (κ3) is 4.52. The number of hydrogen-bond donors (Lipinski definition) is 2. The first kappa shape index (κ1) is 15.9. The van der Waals surface area contributed by atoms with E-state index in [9.17, 15) is 4.39 Å². The number of aryl methyl sites for hydroxylation is 1. The Balaban J connectivity index is 1.51. The zero-order valence-corrected chi connectivity index (χ0v) is 13.5. The molecule has 0 saturated carbocycles. The molecule has 0 radical (unpaired) electrons. The van der Waals surface area contributed by atoms with Crippen LogP contribution in [0.1, 0.15) is 16.7 Å². The number of rotatable bonds is 6. The number of aromatic nitrogens is 2. The van der Waals surface area contributed by atoms with Gasteiger partial charge in [-0.2, -0.15) is 0 Å². The summed E-state index contributed by atoms with van der Waals surface area (Å²) in [7, 11) is 0. The Kier molecular flexibility index (Phi) is 5.01. The van der Waals surface area contributed by atoms with Crippen LogP contribution in [-0.2, 0) is 13.1 Å². The molecule has 2 N–H and O–H groups in total. The summed E-state index contributed by atoms with van der Waals surface area (Å²) < 4.78 is 12.8. The first-order valence-corrected chi connectivity index (χ1v) is 7.79. The summed E-state index contributed by atoms with van der Waals surface area (Å²) >= 11 is 0. The van der Waals surface area contributed by atoms with Gasteiger partial charge < -0.3 is 10.6 Å². The summed E-state index contributed by atoms with van der Waals surface area (Å²) in [6.07, 6.45) is 3.05. The average Bonchev–Trinajstić information content (AvgIpc) is 2.62. The highest BCUT2D eigenvalue weighted by Gasteiger charge is 1.99. The highest BCUT2D eigenvalue weighted by molar-refractivity contribution is 5.38. The lowest BCUT2D eigenvalue weighted by atomic mass is 10.1. The van der Waals surface area contributed by atoms with Crippen molar-refractivity contribution in [1.82, 2.24) is 9.97 Å². The van der Waals surface area contributed by atoms with Crippen LogP contribution in [0, 0.1) is 12.7 Å². The minimum absolute atomic E-state index is 0.333. The molecular formula is C19H19FN4. The van der Waals surface area contributed by atoms with Gasteiger partial charge in [-0.25, -0.2) is 14.4 Å². The molecule has 0 amide bonds. The molecule has 0 unspecified atom stereocenters. The number of halogens is 1. The van der Waals surface area contributed by atoms with E-state index in [0.29, 0.717) is 12.4 Å². The minimum atomic E-state index is -0.333. The van der Waals surface area contributed by atoms with Gasteiger partial charge in [0.2, 0.25) is 0 Å². The Hall–Kier alpha value is -2.95. The number of nitrogens with zero attached hydrogens (tertiary/aromatic N) is 2. The first-order chi connectivity index (χ1) is 11.7. The second-order valence-corrected chi connectivity index (χ2v) is 5.61. The van der Waals surface area contributed by atoms with Crippen LogP contribution in [0.25, 0.3) is 0 Å². The number of nitrogens with one attached hydrogen (secondary N) is 2. The Morgan fingerprint density at radius 3 is 1.75 bits per heavy atom. The SMILES string of the molecule is Cc1ccc(NCc2ccc(CNc3ccc(F)cn3)cc2)nc1. The predicted molar refractivity (Wildman–Crippen MR) is 94.3 cm³/mol. The van der Waals surface area contributed by atoms with Crippen LogP contribution < -0.4 is 10.6 Å². The molecule has 0 spiro atoms. The summed E-state index contributed by atoms with van der Waals surface area (Å²) in [5, 5.41) is 6.47. The third-order valence-corrected chi connectivity index (χ3v) is 3.61. The molecule has 0 fully saturated rings. The molecule has 0 aliphatic heterocycles. The number of hydrogen-bond acceptors (Lipinski definition) is 4. The quantitative estimate of drug-likeness (QED) is 0.716. The van der Waals surface area contributed by atoms with Gasteiger partial charge in [0.1, 0.15) is 17.5 Å². The van der Waals surface area contributed by atoms with Crippen molar-refractivity contribution in [3.05, 3.63) is 83.4 Å². The summed E-state index contributed by atoms with van der Waals surface area (Å²) in [6, 6.07) is 15.3. The maximum absolute atomic E-state index is 12.8. The lowest BCUT2D eigenvalue weighted by Crippen LogP contribution is -2.03. The van der Waals surface area contributed by atoms with E-state index in [1.54, 1.807) is 6.07 Å². The van der Waals surface area contributed by atoms with Crippen molar-refractivity contribution in [3.8, 4) is 0 Å². The van der Waals surface area contributed by atoms with Gasteiger partial charge in [-0.3, -0.25) is 0 Å². The van der Waals surface area contributed by atoms with Gasteiger partial charge in [-0.15, -0.1) is 0 Å². The van der Waals surface area contributed by atoms with E-state index < -0.39 is 0 Å². The first-order valence-electron chi connectivity index (χ1n) is 7.79. The van der Waals surface area contributed by atoms with Gasteiger partial charge in [0, 0.05) is 19.3 Å². The molecule has 5 heteroatoms. The smallest absolute Gasteiger partial charge is 0.141 e. The van der Waals surface area contributed by atoms with E-state index in [0.717, 1.165) is 23.5 Å². The molecule has 24 heavy (non-hydrogen) atoms. The van der Waals surface area contributed by atoms with E-state index in [2.05, 4.69) is 44.9 Å². The minimum Gasteiger partial charge on any atom is -0.366 e. The van der Waals surface area contributed by atoms with E-state index in [1.165, 1.54) is 17.8 Å². The summed E-state index contributed by atoms with van der Waals surface area (Å²) in [6.45, 7) is 3.39. The molecule has 2 heterocycles. The van der Waals surface area contributed by atoms with Gasteiger partial charge >= 0.3 is 0 Å². The molecular weight excluding hydrogens is 303 g/mol. The molecule has 0 atom stereocenters. The fraction of sp³-hybridized carbons (Fsp3) is 0.158. The van der Waals surface area contributed by atoms with Crippen molar-refractivity contribution >= 4 is 11.6 Å². The zero-order valence-electron chi connectivity index (χ0n) is 13.5. The second kappa shape index (κ2) is 7.55. The van der Waals surface area contributed by atoms with Gasteiger partial charge in [-0.1, -0.05) is 30.3 Å². The molecule has 0 aliphatic rings. The van der Waals surface area contributed by atoms with Crippen molar-refractivity contribution in [2.24, 2.45) is 0 Å². The van der Waals surface area contributed by atoms with Crippen LogP contribution >= 0.6 is 0 Å². The molecule has 0 bridgehead atoms. The van der Waals surface area contributed by atoms with Crippen LogP contribution in [0.4, 0.5) is 16.0 Å². The van der Waals surface area contributed by atoms with Crippen molar-refractivity contribution in [3.63, 3.8) is 0 Å². The lowest BCUT2D eigenvalue weighted by Gasteiger charge is -2.08. The maximum atomic E-state index is 12.8. The second-order valence-electron chi connectivity index (χ2n) is 5.61. The molecule has 1 aromatic carbocycles.